The van der Waals surface area contributed by atoms with Crippen LogP contribution in [0.15, 0.2) is 43.1 Å². The molecule has 0 radical (unpaired) electrons. The normalized spacial score (nSPS) is 10.5. The number of nitrogens with zero attached hydrogens (tertiary/aromatic N) is 2. The molecule has 1 aromatic carbocycles. The number of aryl methyl sites for hydroxylation is 1. The van der Waals surface area contributed by atoms with Gasteiger partial charge in [-0.15, -0.1) is 6.58 Å². The molecule has 3 nitrogen and oxygen atoms in total. The summed E-state index contributed by atoms with van der Waals surface area (Å²) >= 11 is 0. The number of aliphatic hydroxyl groups is 1. The quantitative estimate of drug-likeness (QED) is 0.817. The highest BCUT2D eigenvalue weighted by molar-refractivity contribution is 5.64. The maximum atomic E-state index is 9.33. The van der Waals surface area contributed by atoms with Gasteiger partial charge in [-0.05, 0) is 24.6 Å². The zero-order valence-electron chi connectivity index (χ0n) is 9.93. The van der Waals surface area contributed by atoms with E-state index in [-0.39, 0.29) is 6.61 Å². The highest BCUT2D eigenvalue weighted by Crippen LogP contribution is 2.23. The Balaban J connectivity index is 2.43. The largest absolute Gasteiger partial charge is 0.392 e. The molecule has 0 aliphatic heterocycles. The predicted octanol–water partition coefficient (Wildman–Crippen LogP) is 2.54. The lowest BCUT2D eigenvalue weighted by Crippen LogP contribution is -1.96. The summed E-state index contributed by atoms with van der Waals surface area (Å²) in [5.74, 6) is 0. The molecule has 0 spiro atoms. The number of benzene rings is 1. The van der Waals surface area contributed by atoms with Crippen molar-refractivity contribution in [3.63, 3.8) is 0 Å². The Morgan fingerprint density at radius 2 is 2.24 bits per heavy atom. The Morgan fingerprint density at radius 3 is 2.94 bits per heavy atom. The second kappa shape index (κ2) is 4.97. The van der Waals surface area contributed by atoms with Crippen LogP contribution >= 0.6 is 0 Å². The van der Waals surface area contributed by atoms with Crippen molar-refractivity contribution in [3.05, 3.63) is 54.2 Å². The van der Waals surface area contributed by atoms with Crippen LogP contribution in [0.2, 0.25) is 0 Å². The summed E-state index contributed by atoms with van der Waals surface area (Å²) < 4.78 is 1.83. The van der Waals surface area contributed by atoms with E-state index in [1.165, 1.54) is 0 Å². The molecule has 0 amide bonds. The minimum Gasteiger partial charge on any atom is -0.392 e. The second-order valence-electron chi connectivity index (χ2n) is 4.03. The lowest BCUT2D eigenvalue weighted by Gasteiger charge is -2.06. The van der Waals surface area contributed by atoms with E-state index >= 15 is 0 Å². The summed E-state index contributed by atoms with van der Waals surface area (Å²) in [6, 6.07) is 7.94. The fraction of sp³-hybridized carbons (Fsp3) is 0.214. The predicted molar refractivity (Wildman–Crippen MR) is 68.5 cm³/mol. The van der Waals surface area contributed by atoms with Gasteiger partial charge in [0.2, 0.25) is 0 Å². The Bertz CT molecular complexity index is 529. The third-order valence-corrected chi connectivity index (χ3v) is 2.67. The van der Waals surface area contributed by atoms with Crippen LogP contribution < -0.4 is 0 Å². The standard InChI is InChI=1S/C14H16N2O/c1-3-7-16-8-6-14(15-16)13-9-11(2)4-5-12(13)10-17/h3-6,8-9,17H,1,7,10H2,2H3. The van der Waals surface area contributed by atoms with E-state index in [0.29, 0.717) is 6.54 Å². The van der Waals surface area contributed by atoms with Crippen molar-refractivity contribution in [2.24, 2.45) is 0 Å². The van der Waals surface area contributed by atoms with E-state index in [4.69, 9.17) is 0 Å². The molecule has 0 saturated carbocycles. The van der Waals surface area contributed by atoms with E-state index < -0.39 is 0 Å². The average molecular weight is 228 g/mol. The summed E-state index contributed by atoms with van der Waals surface area (Å²) in [6.45, 7) is 6.44. The molecular weight excluding hydrogens is 212 g/mol. The number of allylic oxidation sites excluding steroid dienone is 1. The Morgan fingerprint density at radius 1 is 1.41 bits per heavy atom. The van der Waals surface area contributed by atoms with Crippen LogP contribution in [0.5, 0.6) is 0 Å². The molecule has 0 aliphatic rings. The number of rotatable bonds is 4. The molecule has 1 heterocycles. The van der Waals surface area contributed by atoms with Crippen molar-refractivity contribution in [2.45, 2.75) is 20.1 Å². The highest BCUT2D eigenvalue weighted by Gasteiger charge is 2.07. The van der Waals surface area contributed by atoms with Crippen molar-refractivity contribution in [3.8, 4) is 11.3 Å². The topological polar surface area (TPSA) is 38.0 Å². The first-order valence-electron chi connectivity index (χ1n) is 5.59. The van der Waals surface area contributed by atoms with Gasteiger partial charge in [-0.25, -0.2) is 0 Å². The van der Waals surface area contributed by atoms with Gasteiger partial charge in [-0.3, -0.25) is 4.68 Å². The van der Waals surface area contributed by atoms with Gasteiger partial charge in [-0.1, -0.05) is 23.8 Å². The Labute approximate surface area is 101 Å². The zero-order chi connectivity index (χ0) is 12.3. The van der Waals surface area contributed by atoms with Crippen LogP contribution in [0.25, 0.3) is 11.3 Å². The number of hydrogen-bond donors (Lipinski definition) is 1. The van der Waals surface area contributed by atoms with Crippen molar-refractivity contribution >= 4 is 0 Å². The van der Waals surface area contributed by atoms with E-state index in [9.17, 15) is 5.11 Å². The third kappa shape index (κ3) is 2.45. The number of aliphatic hydroxyl groups excluding tert-OH is 1. The van der Waals surface area contributed by atoms with Crippen LogP contribution in [-0.2, 0) is 13.2 Å². The molecule has 2 aromatic rings. The molecule has 1 aromatic heterocycles. The smallest absolute Gasteiger partial charge is 0.0927 e. The minimum absolute atomic E-state index is 0.0317. The van der Waals surface area contributed by atoms with Gasteiger partial charge < -0.3 is 5.11 Å². The average Bonchev–Trinajstić information content (AvgIpc) is 2.78. The fourth-order valence-electron chi connectivity index (χ4n) is 1.81. The molecule has 0 fully saturated rings. The Kier molecular flexibility index (Phi) is 3.40. The van der Waals surface area contributed by atoms with Crippen LogP contribution in [0.4, 0.5) is 0 Å². The van der Waals surface area contributed by atoms with Crippen molar-refractivity contribution < 1.29 is 5.11 Å². The van der Waals surface area contributed by atoms with Crippen LogP contribution in [0, 0.1) is 6.92 Å². The third-order valence-electron chi connectivity index (χ3n) is 2.67. The summed E-state index contributed by atoms with van der Waals surface area (Å²) in [4.78, 5) is 0. The molecule has 0 atom stereocenters. The lowest BCUT2D eigenvalue weighted by molar-refractivity contribution is 0.282. The second-order valence-corrected chi connectivity index (χ2v) is 4.03. The van der Waals surface area contributed by atoms with Gasteiger partial charge in [0.15, 0.2) is 0 Å². The van der Waals surface area contributed by atoms with E-state index in [2.05, 4.69) is 11.7 Å². The molecule has 1 N–H and O–H groups in total. The van der Waals surface area contributed by atoms with Gasteiger partial charge in [0.05, 0.1) is 18.8 Å². The molecule has 3 heteroatoms. The van der Waals surface area contributed by atoms with E-state index in [0.717, 1.165) is 22.4 Å². The molecule has 0 bridgehead atoms. The van der Waals surface area contributed by atoms with Gasteiger partial charge >= 0.3 is 0 Å². The fourth-order valence-corrected chi connectivity index (χ4v) is 1.81. The van der Waals surface area contributed by atoms with Crippen LogP contribution in [0.1, 0.15) is 11.1 Å². The molecule has 0 saturated heterocycles. The SMILES string of the molecule is C=CCn1ccc(-c2cc(C)ccc2CO)n1. The first kappa shape index (κ1) is 11.6. The van der Waals surface area contributed by atoms with Crippen LogP contribution in [-0.4, -0.2) is 14.9 Å². The first-order valence-corrected chi connectivity index (χ1v) is 5.59. The maximum absolute atomic E-state index is 9.33. The van der Waals surface area contributed by atoms with Crippen LogP contribution in [0.3, 0.4) is 0 Å². The van der Waals surface area contributed by atoms with E-state index in [1.807, 2.05) is 42.1 Å². The first-order chi connectivity index (χ1) is 8.24. The van der Waals surface area contributed by atoms with Crippen molar-refractivity contribution in [1.29, 1.82) is 0 Å². The maximum Gasteiger partial charge on any atom is 0.0927 e. The van der Waals surface area contributed by atoms with Gasteiger partial charge in [0.25, 0.3) is 0 Å². The summed E-state index contributed by atoms with van der Waals surface area (Å²) in [6.07, 6.45) is 3.72. The number of aromatic nitrogens is 2. The van der Waals surface area contributed by atoms with Gasteiger partial charge in [0.1, 0.15) is 0 Å². The molecular formula is C14H16N2O. The summed E-state index contributed by atoms with van der Waals surface area (Å²) in [5.41, 5.74) is 3.95. The number of hydrogen-bond acceptors (Lipinski definition) is 2. The Hall–Kier alpha value is -1.87. The zero-order valence-corrected chi connectivity index (χ0v) is 9.93. The highest BCUT2D eigenvalue weighted by atomic mass is 16.3. The summed E-state index contributed by atoms with van der Waals surface area (Å²) in [5, 5.41) is 13.8. The minimum atomic E-state index is 0.0317. The van der Waals surface area contributed by atoms with Gasteiger partial charge in [-0.2, -0.15) is 5.10 Å². The van der Waals surface area contributed by atoms with E-state index in [1.54, 1.807) is 6.08 Å². The monoisotopic (exact) mass is 228 g/mol. The molecule has 0 aliphatic carbocycles. The van der Waals surface area contributed by atoms with Crippen molar-refractivity contribution in [1.82, 2.24) is 9.78 Å². The summed E-state index contributed by atoms with van der Waals surface area (Å²) in [7, 11) is 0. The van der Waals surface area contributed by atoms with Crippen molar-refractivity contribution in [2.75, 3.05) is 0 Å². The lowest BCUT2D eigenvalue weighted by atomic mass is 10.0. The molecule has 17 heavy (non-hydrogen) atoms. The molecule has 0 unspecified atom stereocenters. The molecule has 2 rings (SSSR count). The molecule has 88 valence electrons. The van der Waals surface area contributed by atoms with Gasteiger partial charge in [0, 0.05) is 11.8 Å².